The van der Waals surface area contributed by atoms with E-state index in [1.54, 1.807) is 11.3 Å². The third kappa shape index (κ3) is 4.31. The van der Waals surface area contributed by atoms with E-state index in [0.29, 0.717) is 29.2 Å². The molecule has 1 aromatic carbocycles. The molecular formula is C18H17N3O2S3. The zero-order chi connectivity index (χ0) is 17.8. The number of anilines is 1. The summed E-state index contributed by atoms with van der Waals surface area (Å²) in [6.07, 6.45) is 0.736. The van der Waals surface area contributed by atoms with Gasteiger partial charge in [-0.1, -0.05) is 12.1 Å². The predicted octanol–water partition coefficient (Wildman–Crippen LogP) is 4.85. The van der Waals surface area contributed by atoms with Gasteiger partial charge in [-0.15, -0.1) is 33.7 Å². The lowest BCUT2D eigenvalue weighted by Crippen LogP contribution is -2.12. The molecule has 1 saturated heterocycles. The number of aromatic nitrogens is 2. The number of amides is 1. The van der Waals surface area contributed by atoms with Gasteiger partial charge in [0.15, 0.2) is 0 Å². The van der Waals surface area contributed by atoms with Gasteiger partial charge in [-0.25, -0.2) is 0 Å². The number of carbonyl (C=O) groups is 1. The van der Waals surface area contributed by atoms with Gasteiger partial charge in [0.2, 0.25) is 17.7 Å². The lowest BCUT2D eigenvalue weighted by Gasteiger charge is -2.11. The van der Waals surface area contributed by atoms with E-state index in [4.69, 9.17) is 4.42 Å². The zero-order valence-corrected chi connectivity index (χ0v) is 16.3. The second-order valence-electron chi connectivity index (χ2n) is 5.76. The Kier molecular flexibility index (Phi) is 5.62. The number of carbonyl (C=O) groups excluding carboxylic acids is 1. The van der Waals surface area contributed by atoms with Gasteiger partial charge in [-0.2, -0.15) is 11.3 Å². The third-order valence-corrected chi connectivity index (χ3v) is 7.65. The molecule has 2 aromatic heterocycles. The fraction of sp³-hybridized carbons (Fsp3) is 0.278. The first-order valence-electron chi connectivity index (χ1n) is 8.26. The van der Waals surface area contributed by atoms with Crippen LogP contribution in [0.3, 0.4) is 0 Å². The normalized spacial score (nSPS) is 14.6. The van der Waals surface area contributed by atoms with Crippen molar-refractivity contribution in [3.05, 3.63) is 52.5 Å². The van der Waals surface area contributed by atoms with Crippen LogP contribution in [-0.4, -0.2) is 27.6 Å². The minimum Gasteiger partial charge on any atom is -0.421 e. The van der Waals surface area contributed by atoms with E-state index in [1.165, 1.54) is 17.1 Å². The molecule has 0 unspecified atom stereocenters. The van der Waals surface area contributed by atoms with E-state index in [0.717, 1.165) is 11.3 Å². The highest BCUT2D eigenvalue weighted by Crippen LogP contribution is 2.45. The van der Waals surface area contributed by atoms with Crippen LogP contribution >= 0.6 is 34.9 Å². The SMILES string of the molecule is O=C(CCc1nnc(-c2ccsc2)o1)Nc1cccc(C2SCCS2)c1. The smallest absolute Gasteiger partial charge is 0.248 e. The van der Waals surface area contributed by atoms with E-state index in [2.05, 4.69) is 27.6 Å². The fourth-order valence-electron chi connectivity index (χ4n) is 2.62. The summed E-state index contributed by atoms with van der Waals surface area (Å²) in [5, 5.41) is 14.9. The Hall–Kier alpha value is -1.77. The Morgan fingerprint density at radius 3 is 2.92 bits per heavy atom. The van der Waals surface area contributed by atoms with Crippen molar-refractivity contribution in [3.63, 3.8) is 0 Å². The van der Waals surface area contributed by atoms with Crippen molar-refractivity contribution < 1.29 is 9.21 Å². The molecule has 0 spiro atoms. The minimum atomic E-state index is -0.0517. The maximum absolute atomic E-state index is 12.2. The second-order valence-corrected chi connectivity index (χ2v) is 9.26. The average molecular weight is 404 g/mol. The zero-order valence-electron chi connectivity index (χ0n) is 13.9. The molecule has 26 heavy (non-hydrogen) atoms. The molecule has 1 aliphatic heterocycles. The highest BCUT2D eigenvalue weighted by molar-refractivity contribution is 8.19. The Balaban J connectivity index is 1.32. The second kappa shape index (κ2) is 8.28. The number of nitrogens with one attached hydrogen (secondary N) is 1. The van der Waals surface area contributed by atoms with Crippen LogP contribution in [0.25, 0.3) is 11.5 Å². The predicted molar refractivity (Wildman–Crippen MR) is 109 cm³/mol. The quantitative estimate of drug-likeness (QED) is 0.635. The van der Waals surface area contributed by atoms with Crippen molar-refractivity contribution in [1.29, 1.82) is 0 Å². The van der Waals surface area contributed by atoms with Crippen LogP contribution in [0, 0.1) is 0 Å². The van der Waals surface area contributed by atoms with Crippen LogP contribution in [0.15, 0.2) is 45.5 Å². The summed E-state index contributed by atoms with van der Waals surface area (Å²) in [5.41, 5.74) is 3.01. The number of benzene rings is 1. The molecule has 3 heterocycles. The summed E-state index contributed by atoms with van der Waals surface area (Å²) >= 11 is 5.49. The Morgan fingerprint density at radius 1 is 1.23 bits per heavy atom. The first kappa shape index (κ1) is 17.6. The van der Waals surface area contributed by atoms with E-state index in [-0.39, 0.29) is 5.91 Å². The molecule has 5 nitrogen and oxygen atoms in total. The first-order valence-corrected chi connectivity index (χ1v) is 11.3. The highest BCUT2D eigenvalue weighted by atomic mass is 32.2. The molecule has 1 amide bonds. The van der Waals surface area contributed by atoms with Crippen molar-refractivity contribution in [3.8, 4) is 11.5 Å². The van der Waals surface area contributed by atoms with Crippen LogP contribution < -0.4 is 5.32 Å². The number of rotatable bonds is 6. The van der Waals surface area contributed by atoms with Crippen LogP contribution in [0.5, 0.6) is 0 Å². The molecule has 1 fully saturated rings. The van der Waals surface area contributed by atoms with Crippen molar-refractivity contribution in [2.45, 2.75) is 17.4 Å². The van der Waals surface area contributed by atoms with Crippen molar-refractivity contribution >= 4 is 46.5 Å². The Labute approximate surface area is 164 Å². The topological polar surface area (TPSA) is 68.0 Å². The summed E-state index contributed by atoms with van der Waals surface area (Å²) in [6, 6.07) is 10.0. The maximum atomic E-state index is 12.2. The van der Waals surface area contributed by atoms with Gasteiger partial charge in [0.1, 0.15) is 0 Å². The Morgan fingerprint density at radius 2 is 2.12 bits per heavy atom. The van der Waals surface area contributed by atoms with Crippen molar-refractivity contribution in [2.75, 3.05) is 16.8 Å². The van der Waals surface area contributed by atoms with Crippen molar-refractivity contribution in [2.24, 2.45) is 0 Å². The maximum Gasteiger partial charge on any atom is 0.248 e. The summed E-state index contributed by atoms with van der Waals surface area (Å²) in [6.45, 7) is 0. The molecule has 1 aliphatic rings. The van der Waals surface area contributed by atoms with E-state index in [1.807, 2.05) is 52.5 Å². The minimum absolute atomic E-state index is 0.0517. The molecule has 134 valence electrons. The van der Waals surface area contributed by atoms with Gasteiger partial charge in [0.25, 0.3) is 0 Å². The van der Waals surface area contributed by atoms with Crippen LogP contribution in [0.2, 0.25) is 0 Å². The number of hydrogen-bond acceptors (Lipinski definition) is 7. The van der Waals surface area contributed by atoms with Gasteiger partial charge >= 0.3 is 0 Å². The summed E-state index contributed by atoms with van der Waals surface area (Å²) in [7, 11) is 0. The molecule has 0 aliphatic carbocycles. The number of aryl methyl sites for hydroxylation is 1. The summed E-state index contributed by atoms with van der Waals surface area (Å²) in [5.74, 6) is 3.30. The molecule has 0 atom stereocenters. The molecule has 1 N–H and O–H groups in total. The van der Waals surface area contributed by atoms with Crippen LogP contribution in [0.1, 0.15) is 22.5 Å². The lowest BCUT2D eigenvalue weighted by molar-refractivity contribution is -0.116. The molecule has 0 radical (unpaired) electrons. The van der Waals surface area contributed by atoms with Gasteiger partial charge in [-0.05, 0) is 29.1 Å². The van der Waals surface area contributed by atoms with Gasteiger partial charge in [-0.3, -0.25) is 4.79 Å². The molecule has 0 saturated carbocycles. The number of thioether (sulfide) groups is 2. The first-order chi connectivity index (χ1) is 12.8. The number of nitrogens with zero attached hydrogens (tertiary/aromatic N) is 2. The van der Waals surface area contributed by atoms with Gasteiger partial charge in [0, 0.05) is 41.0 Å². The van der Waals surface area contributed by atoms with E-state index >= 15 is 0 Å². The largest absolute Gasteiger partial charge is 0.421 e. The molecule has 4 rings (SSSR count). The molecule has 0 bridgehead atoms. The summed E-state index contributed by atoms with van der Waals surface area (Å²) < 4.78 is 6.09. The molecule has 3 aromatic rings. The fourth-order valence-corrected chi connectivity index (χ4v) is 6.08. The highest BCUT2D eigenvalue weighted by Gasteiger charge is 2.18. The van der Waals surface area contributed by atoms with Crippen molar-refractivity contribution in [1.82, 2.24) is 10.2 Å². The average Bonchev–Trinajstić information content (AvgIpc) is 3.42. The number of hydrogen-bond donors (Lipinski definition) is 1. The van der Waals surface area contributed by atoms with Gasteiger partial charge in [0.05, 0.1) is 4.58 Å². The lowest BCUT2D eigenvalue weighted by atomic mass is 10.2. The van der Waals surface area contributed by atoms with Crippen LogP contribution in [-0.2, 0) is 11.2 Å². The molecular weight excluding hydrogens is 386 g/mol. The Bertz CT molecular complexity index is 873. The summed E-state index contributed by atoms with van der Waals surface area (Å²) in [4.78, 5) is 12.2. The third-order valence-electron chi connectivity index (χ3n) is 3.87. The monoisotopic (exact) mass is 403 g/mol. The number of thiophene rings is 1. The molecule has 8 heteroatoms. The van der Waals surface area contributed by atoms with E-state index in [9.17, 15) is 4.79 Å². The van der Waals surface area contributed by atoms with Gasteiger partial charge < -0.3 is 9.73 Å². The van der Waals surface area contributed by atoms with Crippen LogP contribution in [0.4, 0.5) is 5.69 Å². The van der Waals surface area contributed by atoms with E-state index < -0.39 is 0 Å². The standard InChI is InChI=1S/C18H17N3O2S3/c22-15(4-5-16-20-21-17(23-16)13-6-7-24-11-13)19-14-3-1-2-12(10-14)18-25-8-9-26-18/h1-3,6-7,10-11,18H,4-5,8-9H2,(H,19,22).